The van der Waals surface area contributed by atoms with Gasteiger partial charge in [-0.2, -0.15) is 0 Å². The van der Waals surface area contributed by atoms with Crippen molar-refractivity contribution in [2.24, 2.45) is 5.92 Å². The fourth-order valence-corrected chi connectivity index (χ4v) is 2.75. The minimum absolute atomic E-state index is 0.0962. The van der Waals surface area contributed by atoms with E-state index in [1.807, 2.05) is 0 Å². The average molecular weight is 240 g/mol. The molecule has 2 atom stereocenters. The van der Waals surface area contributed by atoms with Crippen LogP contribution >= 0.6 is 0 Å². The van der Waals surface area contributed by atoms with Gasteiger partial charge in [0.25, 0.3) is 0 Å². The van der Waals surface area contributed by atoms with E-state index in [2.05, 4.69) is 24.5 Å². The van der Waals surface area contributed by atoms with Gasteiger partial charge >= 0.3 is 0 Å². The number of ether oxygens (including phenoxy) is 1. The third kappa shape index (κ3) is 3.68. The van der Waals surface area contributed by atoms with Crippen molar-refractivity contribution in [3.05, 3.63) is 0 Å². The molecule has 2 aliphatic rings. The third-order valence-corrected chi connectivity index (χ3v) is 3.71. The van der Waals surface area contributed by atoms with Crippen LogP contribution in [0.4, 0.5) is 0 Å². The minimum atomic E-state index is -0.0962. The molecule has 2 N–H and O–H groups in total. The lowest BCUT2D eigenvalue weighted by atomic mass is 9.92. The van der Waals surface area contributed by atoms with Crippen LogP contribution in [0.3, 0.4) is 0 Å². The maximum absolute atomic E-state index is 12.1. The zero-order valence-electron chi connectivity index (χ0n) is 10.9. The summed E-state index contributed by atoms with van der Waals surface area (Å²) in [5.41, 5.74) is -0.0962. The summed E-state index contributed by atoms with van der Waals surface area (Å²) in [7, 11) is 0. The lowest BCUT2D eigenvalue weighted by molar-refractivity contribution is -0.128. The number of nitrogens with one attached hydrogen (secondary N) is 2. The number of hydrogen-bond donors (Lipinski definition) is 2. The van der Waals surface area contributed by atoms with Crippen molar-refractivity contribution in [3.8, 4) is 0 Å². The smallest absolute Gasteiger partial charge is 0.224 e. The Hall–Kier alpha value is -0.610. The Kier molecular flexibility index (Phi) is 4.05. The Balaban J connectivity index is 1.81. The van der Waals surface area contributed by atoms with Crippen molar-refractivity contribution in [1.82, 2.24) is 10.6 Å². The van der Waals surface area contributed by atoms with E-state index in [1.54, 1.807) is 0 Å². The van der Waals surface area contributed by atoms with Crippen molar-refractivity contribution in [3.63, 3.8) is 0 Å². The van der Waals surface area contributed by atoms with Gasteiger partial charge in [-0.05, 0) is 46.1 Å². The number of piperidine rings is 1. The molecule has 0 aliphatic carbocycles. The number of rotatable bonds is 2. The lowest BCUT2D eigenvalue weighted by Gasteiger charge is -2.36. The topological polar surface area (TPSA) is 50.4 Å². The Bertz CT molecular complexity index is 273. The van der Waals surface area contributed by atoms with Gasteiger partial charge in [0.15, 0.2) is 0 Å². The molecule has 17 heavy (non-hydrogen) atoms. The van der Waals surface area contributed by atoms with Crippen molar-refractivity contribution in [1.29, 1.82) is 0 Å². The second kappa shape index (κ2) is 5.36. The van der Waals surface area contributed by atoms with Crippen LogP contribution in [0.2, 0.25) is 0 Å². The first-order valence-corrected chi connectivity index (χ1v) is 6.72. The fourth-order valence-electron chi connectivity index (χ4n) is 2.75. The maximum Gasteiger partial charge on any atom is 0.224 e. The maximum atomic E-state index is 12.1. The molecule has 4 heteroatoms. The van der Waals surface area contributed by atoms with E-state index in [4.69, 9.17) is 4.74 Å². The molecule has 0 bridgehead atoms. The van der Waals surface area contributed by atoms with E-state index in [9.17, 15) is 4.79 Å². The van der Waals surface area contributed by atoms with Crippen molar-refractivity contribution in [2.75, 3.05) is 19.7 Å². The quantitative estimate of drug-likeness (QED) is 0.759. The van der Waals surface area contributed by atoms with Gasteiger partial charge in [-0.1, -0.05) is 0 Å². The van der Waals surface area contributed by atoms with Gasteiger partial charge in [-0.3, -0.25) is 4.79 Å². The highest BCUT2D eigenvalue weighted by atomic mass is 16.5. The number of amides is 1. The molecule has 0 saturated carbocycles. The van der Waals surface area contributed by atoms with Crippen molar-refractivity contribution >= 4 is 5.91 Å². The van der Waals surface area contributed by atoms with Gasteiger partial charge in [0.1, 0.15) is 0 Å². The summed E-state index contributed by atoms with van der Waals surface area (Å²) in [6, 6.07) is 0.285. The van der Waals surface area contributed by atoms with Crippen LogP contribution in [0.5, 0.6) is 0 Å². The van der Waals surface area contributed by atoms with Crippen LogP contribution in [0.15, 0.2) is 0 Å². The Morgan fingerprint density at radius 2 is 2.24 bits per heavy atom. The molecule has 2 saturated heterocycles. The summed E-state index contributed by atoms with van der Waals surface area (Å²) in [6.45, 7) is 6.81. The Morgan fingerprint density at radius 1 is 1.41 bits per heavy atom. The predicted octanol–water partition coefficient (Wildman–Crippen LogP) is 1.06. The number of carbonyl (C=O) groups is 1. The lowest BCUT2D eigenvalue weighted by Crippen LogP contribution is -2.49. The largest absolute Gasteiger partial charge is 0.375 e. The van der Waals surface area contributed by atoms with Crippen molar-refractivity contribution in [2.45, 2.75) is 51.2 Å². The molecule has 1 amide bonds. The van der Waals surface area contributed by atoms with Gasteiger partial charge in [0.05, 0.1) is 11.5 Å². The van der Waals surface area contributed by atoms with Gasteiger partial charge < -0.3 is 15.4 Å². The molecule has 2 aliphatic heterocycles. The van der Waals surface area contributed by atoms with Crippen LogP contribution in [0, 0.1) is 5.92 Å². The summed E-state index contributed by atoms with van der Waals surface area (Å²) in [6.07, 6.45) is 3.98. The standard InChI is InChI=1S/C13H24N2O2/c1-13(2)8-11(5-7-17-13)15-12(16)10-4-3-6-14-9-10/h10-11,14H,3-9H2,1-2H3,(H,15,16). The molecule has 0 aromatic rings. The fraction of sp³-hybridized carbons (Fsp3) is 0.923. The highest BCUT2D eigenvalue weighted by molar-refractivity contribution is 5.79. The van der Waals surface area contributed by atoms with Gasteiger partial charge in [-0.15, -0.1) is 0 Å². The van der Waals surface area contributed by atoms with E-state index < -0.39 is 0 Å². The molecule has 4 nitrogen and oxygen atoms in total. The molecule has 0 aromatic carbocycles. The Labute approximate surface area is 103 Å². The van der Waals surface area contributed by atoms with E-state index in [1.165, 1.54) is 0 Å². The van der Waals surface area contributed by atoms with Crippen LogP contribution in [0.1, 0.15) is 39.5 Å². The van der Waals surface area contributed by atoms with Crippen LogP contribution in [0.25, 0.3) is 0 Å². The molecule has 2 heterocycles. The first kappa shape index (κ1) is 12.8. The summed E-state index contributed by atoms with van der Waals surface area (Å²) >= 11 is 0. The highest BCUT2D eigenvalue weighted by Gasteiger charge is 2.31. The normalized spacial score (nSPS) is 33.1. The molecule has 2 rings (SSSR count). The van der Waals surface area contributed by atoms with E-state index in [0.29, 0.717) is 0 Å². The molecule has 2 fully saturated rings. The zero-order valence-corrected chi connectivity index (χ0v) is 10.9. The summed E-state index contributed by atoms with van der Waals surface area (Å²) in [5.74, 6) is 0.384. The molecule has 2 unspecified atom stereocenters. The van der Waals surface area contributed by atoms with Gasteiger partial charge in [0, 0.05) is 19.2 Å². The van der Waals surface area contributed by atoms with Gasteiger partial charge in [-0.25, -0.2) is 0 Å². The zero-order chi connectivity index (χ0) is 12.3. The van der Waals surface area contributed by atoms with E-state index in [0.717, 1.165) is 45.4 Å². The molecule has 0 aromatic heterocycles. The molecular formula is C13H24N2O2. The molecule has 98 valence electrons. The summed E-state index contributed by atoms with van der Waals surface area (Å²) < 4.78 is 5.66. The molecule has 0 spiro atoms. The minimum Gasteiger partial charge on any atom is -0.375 e. The molecular weight excluding hydrogens is 216 g/mol. The highest BCUT2D eigenvalue weighted by Crippen LogP contribution is 2.24. The van der Waals surface area contributed by atoms with Crippen LogP contribution < -0.4 is 10.6 Å². The van der Waals surface area contributed by atoms with Crippen LogP contribution in [-0.4, -0.2) is 37.2 Å². The second-order valence-corrected chi connectivity index (χ2v) is 5.85. The average Bonchev–Trinajstić information content (AvgIpc) is 2.29. The number of carbonyl (C=O) groups excluding carboxylic acids is 1. The first-order chi connectivity index (χ1) is 8.07. The number of hydrogen-bond acceptors (Lipinski definition) is 3. The molecule has 0 radical (unpaired) electrons. The first-order valence-electron chi connectivity index (χ1n) is 6.72. The van der Waals surface area contributed by atoms with Crippen LogP contribution in [-0.2, 0) is 9.53 Å². The summed E-state index contributed by atoms with van der Waals surface area (Å²) in [5, 5.41) is 6.47. The monoisotopic (exact) mass is 240 g/mol. The third-order valence-electron chi connectivity index (χ3n) is 3.71. The SMILES string of the molecule is CC1(C)CC(NC(=O)C2CCCNC2)CCO1. The van der Waals surface area contributed by atoms with Crippen molar-refractivity contribution < 1.29 is 9.53 Å². The Morgan fingerprint density at radius 3 is 2.88 bits per heavy atom. The summed E-state index contributed by atoms with van der Waals surface area (Å²) in [4.78, 5) is 12.1. The predicted molar refractivity (Wildman–Crippen MR) is 66.8 cm³/mol. The second-order valence-electron chi connectivity index (χ2n) is 5.85. The van der Waals surface area contributed by atoms with E-state index in [-0.39, 0.29) is 23.5 Å². The van der Waals surface area contributed by atoms with Gasteiger partial charge in [0.2, 0.25) is 5.91 Å². The van der Waals surface area contributed by atoms with E-state index >= 15 is 0 Å².